The normalized spacial score (nSPS) is 15.9. The molecular weight excluding hydrogens is 336 g/mol. The second-order valence-corrected chi connectivity index (χ2v) is 7.47. The maximum Gasteiger partial charge on any atom is 0.239 e. The molecule has 5 heteroatoms. The van der Waals surface area contributed by atoms with Crippen LogP contribution in [0.25, 0.3) is 21.8 Å². The van der Waals surface area contributed by atoms with Crippen LogP contribution in [0.15, 0.2) is 48.5 Å². The number of likely N-dealkylation sites (tertiary alicyclic amines) is 1. The number of pyridine rings is 1. The first-order valence-electron chi connectivity index (χ1n) is 9.75. The predicted octanol–water partition coefficient (Wildman–Crippen LogP) is 3.95. The average Bonchev–Trinajstić information content (AvgIpc) is 2.70. The Morgan fingerprint density at radius 2 is 1.63 bits per heavy atom. The summed E-state index contributed by atoms with van der Waals surface area (Å²) in [5, 5.41) is 2.00. The summed E-state index contributed by atoms with van der Waals surface area (Å²) < 4.78 is 0. The van der Waals surface area contributed by atoms with Gasteiger partial charge >= 0.3 is 0 Å². The minimum Gasteiger partial charge on any atom is -0.303 e. The van der Waals surface area contributed by atoms with Crippen LogP contribution >= 0.6 is 0 Å². The van der Waals surface area contributed by atoms with Crippen LogP contribution in [0.3, 0.4) is 0 Å². The highest BCUT2D eigenvalue weighted by Gasteiger charge is 2.16. The van der Waals surface area contributed by atoms with Gasteiger partial charge in [-0.15, -0.1) is 0 Å². The molecular formula is C22H26N4O. The van der Waals surface area contributed by atoms with Crippen molar-refractivity contribution in [3.63, 3.8) is 0 Å². The van der Waals surface area contributed by atoms with Crippen molar-refractivity contribution in [1.29, 1.82) is 0 Å². The number of benzene rings is 2. The van der Waals surface area contributed by atoms with Gasteiger partial charge in [-0.2, -0.15) is 0 Å². The molecule has 1 aliphatic heterocycles. The van der Waals surface area contributed by atoms with E-state index in [-0.39, 0.29) is 5.91 Å². The van der Waals surface area contributed by atoms with E-state index in [0.717, 1.165) is 53.0 Å². The molecule has 0 atom stereocenters. The Bertz CT molecular complexity index is 893. The third-order valence-electron chi connectivity index (χ3n) is 5.45. The van der Waals surface area contributed by atoms with Crippen LogP contribution in [-0.4, -0.2) is 35.4 Å². The number of nitrogens with one attached hydrogen (secondary N) is 2. The number of piperidine rings is 1. The zero-order chi connectivity index (χ0) is 18.6. The maximum atomic E-state index is 12.4. The van der Waals surface area contributed by atoms with Crippen LogP contribution in [-0.2, 0) is 4.79 Å². The number of carbonyl (C=O) groups excluding carboxylic acids is 1. The second kappa shape index (κ2) is 7.92. The van der Waals surface area contributed by atoms with Crippen molar-refractivity contribution in [3.05, 3.63) is 48.5 Å². The molecule has 140 valence electrons. The topological polar surface area (TPSA) is 57.3 Å². The molecule has 4 rings (SSSR count). The Hall–Kier alpha value is -2.66. The second-order valence-electron chi connectivity index (χ2n) is 7.47. The van der Waals surface area contributed by atoms with E-state index < -0.39 is 0 Å². The van der Waals surface area contributed by atoms with E-state index in [1.54, 1.807) is 0 Å². The van der Waals surface area contributed by atoms with Gasteiger partial charge in [-0.3, -0.25) is 15.6 Å². The molecule has 1 fully saturated rings. The highest BCUT2D eigenvalue weighted by Crippen LogP contribution is 2.29. The molecule has 0 saturated carbocycles. The first-order valence-corrected chi connectivity index (χ1v) is 9.75. The molecule has 2 N–H and O–H groups in total. The third-order valence-corrected chi connectivity index (χ3v) is 5.45. The number of rotatable bonds is 5. The van der Waals surface area contributed by atoms with Gasteiger partial charge in [0, 0.05) is 23.7 Å². The molecule has 3 aromatic rings. The zero-order valence-corrected chi connectivity index (χ0v) is 15.7. The van der Waals surface area contributed by atoms with Gasteiger partial charge < -0.3 is 4.90 Å². The van der Waals surface area contributed by atoms with Gasteiger partial charge in [-0.25, -0.2) is 4.98 Å². The summed E-state index contributed by atoms with van der Waals surface area (Å²) in [6.45, 7) is 5.32. The number of para-hydroxylation sites is 2. The van der Waals surface area contributed by atoms with E-state index in [4.69, 9.17) is 4.98 Å². The number of carbonyl (C=O) groups is 1. The smallest absolute Gasteiger partial charge is 0.239 e. The van der Waals surface area contributed by atoms with E-state index in [1.807, 2.05) is 48.5 Å². The Kier molecular flexibility index (Phi) is 5.21. The number of fused-ring (bicyclic) bond motifs is 2. The minimum atomic E-state index is 0.0126. The Balaban J connectivity index is 1.45. The quantitative estimate of drug-likeness (QED) is 0.533. The molecule has 1 saturated heterocycles. The first kappa shape index (κ1) is 17.7. The molecule has 0 spiro atoms. The van der Waals surface area contributed by atoms with Gasteiger partial charge in [0.25, 0.3) is 0 Å². The molecule has 0 bridgehead atoms. The van der Waals surface area contributed by atoms with Crippen molar-refractivity contribution >= 4 is 33.4 Å². The van der Waals surface area contributed by atoms with Crippen molar-refractivity contribution in [3.8, 4) is 0 Å². The van der Waals surface area contributed by atoms with Gasteiger partial charge in [0.05, 0.1) is 16.7 Å². The van der Waals surface area contributed by atoms with E-state index in [1.165, 1.54) is 12.8 Å². The number of amides is 1. The monoisotopic (exact) mass is 362 g/mol. The summed E-state index contributed by atoms with van der Waals surface area (Å²) in [5.41, 5.74) is 8.78. The average molecular weight is 362 g/mol. The van der Waals surface area contributed by atoms with Gasteiger partial charge in [0.2, 0.25) is 5.91 Å². The summed E-state index contributed by atoms with van der Waals surface area (Å²) in [6, 6.07) is 16.0. The molecule has 0 unspecified atom stereocenters. The zero-order valence-electron chi connectivity index (χ0n) is 15.7. The van der Waals surface area contributed by atoms with Gasteiger partial charge in [0.1, 0.15) is 0 Å². The van der Waals surface area contributed by atoms with Crippen LogP contribution in [0.1, 0.15) is 26.2 Å². The Morgan fingerprint density at radius 1 is 1.04 bits per heavy atom. The first-order chi connectivity index (χ1) is 13.2. The number of hydrazine groups is 1. The van der Waals surface area contributed by atoms with Crippen LogP contribution in [0.2, 0.25) is 0 Å². The lowest BCUT2D eigenvalue weighted by atomic mass is 9.99. The molecule has 1 aromatic heterocycles. The fourth-order valence-electron chi connectivity index (χ4n) is 3.71. The molecule has 0 aliphatic carbocycles. The number of hydrogen-bond acceptors (Lipinski definition) is 4. The van der Waals surface area contributed by atoms with E-state index in [0.29, 0.717) is 6.42 Å². The highest BCUT2D eigenvalue weighted by molar-refractivity contribution is 6.07. The van der Waals surface area contributed by atoms with E-state index in [2.05, 4.69) is 22.7 Å². The van der Waals surface area contributed by atoms with Gasteiger partial charge in [0.15, 0.2) is 0 Å². The van der Waals surface area contributed by atoms with Crippen LogP contribution in [0.5, 0.6) is 0 Å². The standard InChI is InChI=1S/C22H26N4O/c1-16-10-13-26(14-11-16)15-12-21(27)24-25-22-17-6-2-4-8-19(17)23-20-9-5-3-7-18(20)22/h2-9,16H,10-15H2,1H3,(H,23,25)(H,24,27). The third kappa shape index (κ3) is 4.03. The summed E-state index contributed by atoms with van der Waals surface area (Å²) in [7, 11) is 0. The van der Waals surface area contributed by atoms with Crippen LogP contribution in [0, 0.1) is 5.92 Å². The Morgan fingerprint density at radius 3 is 2.26 bits per heavy atom. The number of nitrogens with zero attached hydrogens (tertiary/aromatic N) is 2. The molecule has 2 aromatic carbocycles. The van der Waals surface area contributed by atoms with Crippen LogP contribution in [0.4, 0.5) is 5.69 Å². The fourth-order valence-corrected chi connectivity index (χ4v) is 3.71. The summed E-state index contributed by atoms with van der Waals surface area (Å²) >= 11 is 0. The lowest BCUT2D eigenvalue weighted by Crippen LogP contribution is -2.37. The lowest BCUT2D eigenvalue weighted by Gasteiger charge is -2.29. The molecule has 2 heterocycles. The predicted molar refractivity (Wildman–Crippen MR) is 110 cm³/mol. The van der Waals surface area contributed by atoms with Crippen LogP contribution < -0.4 is 10.9 Å². The van der Waals surface area contributed by atoms with E-state index >= 15 is 0 Å². The molecule has 0 radical (unpaired) electrons. The molecule has 1 aliphatic rings. The molecule has 5 nitrogen and oxygen atoms in total. The van der Waals surface area contributed by atoms with E-state index in [9.17, 15) is 4.79 Å². The lowest BCUT2D eigenvalue weighted by molar-refractivity contribution is -0.121. The van der Waals surface area contributed by atoms with Crippen molar-refractivity contribution in [2.24, 2.45) is 5.92 Å². The van der Waals surface area contributed by atoms with Gasteiger partial charge in [-0.05, 0) is 44.0 Å². The molecule has 1 amide bonds. The van der Waals surface area contributed by atoms with Crippen molar-refractivity contribution in [2.45, 2.75) is 26.2 Å². The summed E-state index contributed by atoms with van der Waals surface area (Å²) in [4.78, 5) is 19.5. The summed E-state index contributed by atoms with van der Waals surface area (Å²) in [6.07, 6.45) is 2.96. The minimum absolute atomic E-state index is 0.0126. The molecule has 27 heavy (non-hydrogen) atoms. The Labute approximate surface area is 159 Å². The van der Waals surface area contributed by atoms with Gasteiger partial charge in [-0.1, -0.05) is 43.3 Å². The van der Waals surface area contributed by atoms with Crippen molar-refractivity contribution < 1.29 is 4.79 Å². The van der Waals surface area contributed by atoms with Crippen molar-refractivity contribution in [1.82, 2.24) is 15.3 Å². The number of hydrogen-bond donors (Lipinski definition) is 2. The number of aromatic nitrogens is 1. The van der Waals surface area contributed by atoms with Crippen molar-refractivity contribution in [2.75, 3.05) is 25.1 Å². The highest BCUT2D eigenvalue weighted by atomic mass is 16.2. The number of anilines is 1. The summed E-state index contributed by atoms with van der Waals surface area (Å²) in [5.74, 6) is 0.823. The SMILES string of the molecule is CC1CCN(CCC(=O)NNc2c3ccccc3nc3ccccc23)CC1. The fraction of sp³-hybridized carbons (Fsp3) is 0.364. The largest absolute Gasteiger partial charge is 0.303 e. The maximum absolute atomic E-state index is 12.4.